The summed E-state index contributed by atoms with van der Waals surface area (Å²) in [6, 6.07) is 6.72. The fourth-order valence-electron chi connectivity index (χ4n) is 4.05. The number of nitrogen functional groups attached to an aromatic ring is 1. The molecule has 0 aliphatic carbocycles. The number of azide groups is 1. The van der Waals surface area contributed by atoms with Crippen molar-refractivity contribution in [1.29, 1.82) is 0 Å². The molecule has 19 nitrogen and oxygen atoms in total. The van der Waals surface area contributed by atoms with Gasteiger partial charge in [0, 0.05) is 30.7 Å². The smallest absolute Gasteiger partial charge is 0.320 e. The second kappa shape index (κ2) is 23.9. The number of nitrogens with one attached hydrogen (secondary N) is 1. The number of aromatic hydroxyl groups is 1. The van der Waals surface area contributed by atoms with Gasteiger partial charge in [-0.2, -0.15) is 15.0 Å². The topological polar surface area (TPSA) is 242 Å². The van der Waals surface area contributed by atoms with Crippen LogP contribution in [0.5, 0.6) is 12.0 Å². The van der Waals surface area contributed by atoms with Crippen molar-refractivity contribution in [1.82, 2.24) is 24.8 Å². The van der Waals surface area contributed by atoms with Gasteiger partial charge < -0.3 is 54.1 Å². The molecule has 0 bridgehead atoms. The van der Waals surface area contributed by atoms with Crippen molar-refractivity contribution in [3.63, 3.8) is 0 Å². The van der Waals surface area contributed by atoms with Crippen LogP contribution in [0, 0.1) is 0 Å². The van der Waals surface area contributed by atoms with Crippen molar-refractivity contribution in [2.45, 2.75) is 6.54 Å². The Kier molecular flexibility index (Phi) is 19.1. The Morgan fingerprint density at radius 1 is 0.837 bits per heavy atom. The lowest BCUT2D eigenvalue weighted by molar-refractivity contribution is -0.0162. The summed E-state index contributed by atoms with van der Waals surface area (Å²) in [6.07, 6.45) is 0. The molecule has 1 amide bonds. The van der Waals surface area contributed by atoms with Crippen molar-refractivity contribution in [2.75, 3.05) is 118 Å². The first kappa shape index (κ1) is 39.1. The highest BCUT2D eigenvalue weighted by atomic mass is 16.6. The summed E-state index contributed by atoms with van der Waals surface area (Å²) in [5.41, 5.74) is 16.0. The molecule has 1 aromatic carbocycles. The molecule has 270 valence electrons. The lowest BCUT2D eigenvalue weighted by Gasteiger charge is -2.09. The first-order chi connectivity index (χ1) is 24.0. The van der Waals surface area contributed by atoms with E-state index in [1.165, 1.54) is 4.57 Å². The number of amides is 1. The van der Waals surface area contributed by atoms with Crippen molar-refractivity contribution >= 4 is 22.9 Å². The fraction of sp³-hybridized carbons (Fsp3) is 0.600. The number of rotatable bonds is 28. The fourth-order valence-corrected chi connectivity index (χ4v) is 4.05. The number of hydrogen-bond acceptors (Lipinski definition) is 15. The highest BCUT2D eigenvalue weighted by Gasteiger charge is 2.17. The highest BCUT2D eigenvalue weighted by molar-refractivity contribution is 5.94. The van der Waals surface area contributed by atoms with Crippen LogP contribution in [0.1, 0.15) is 15.9 Å². The van der Waals surface area contributed by atoms with Gasteiger partial charge >= 0.3 is 6.01 Å². The highest BCUT2D eigenvalue weighted by Crippen LogP contribution is 2.25. The SMILES string of the molecule is COCCOc1nc(N)c2nc(O)n(Cc3ccc(C(=O)NCCOCCOCCOCCOCCOCCOCCN=[N+]=[N-])cc3)c2n1. The standard InChI is InChI=1S/C30H45N9O10/c1-42-10-21-49-29-36-26(31)25-27(37-29)39(30(41)35-25)22-23-2-4-24(5-3-23)28(40)33-6-8-43-11-13-45-15-17-47-19-20-48-18-16-46-14-12-44-9-7-34-38-32/h2-5H,6-22H2,1H3,(H,33,40)(H,35,41)(H2,31,36,37). The molecule has 49 heavy (non-hydrogen) atoms. The van der Waals surface area contributed by atoms with E-state index >= 15 is 0 Å². The Labute approximate surface area is 283 Å². The summed E-state index contributed by atoms with van der Waals surface area (Å²) in [4.78, 5) is 27.7. The maximum atomic E-state index is 12.5. The van der Waals surface area contributed by atoms with Crippen LogP contribution in [-0.2, 0) is 39.7 Å². The van der Waals surface area contributed by atoms with Gasteiger partial charge in [-0.3, -0.25) is 9.36 Å². The number of carbonyl (C=O) groups is 1. The Morgan fingerprint density at radius 2 is 1.41 bits per heavy atom. The molecule has 3 aromatic rings. The number of anilines is 1. The molecule has 0 aliphatic heterocycles. The Morgan fingerprint density at radius 3 is 1.98 bits per heavy atom. The van der Waals surface area contributed by atoms with Gasteiger partial charge in [-0.05, 0) is 23.2 Å². The van der Waals surface area contributed by atoms with Crippen molar-refractivity contribution in [3.8, 4) is 12.0 Å². The molecule has 0 aliphatic rings. The van der Waals surface area contributed by atoms with E-state index in [1.807, 2.05) is 0 Å². The number of nitrogens with two attached hydrogens (primary N) is 1. The second-order valence-electron chi connectivity index (χ2n) is 9.98. The quantitative estimate of drug-likeness (QED) is 0.0421. The number of nitrogens with zero attached hydrogens (tertiary/aromatic N) is 7. The third-order valence-electron chi connectivity index (χ3n) is 6.45. The molecular formula is C30H45N9O10. The van der Waals surface area contributed by atoms with Crippen LogP contribution in [-0.4, -0.2) is 143 Å². The third-order valence-corrected chi connectivity index (χ3v) is 6.45. The molecule has 0 fully saturated rings. The lowest BCUT2D eigenvalue weighted by Crippen LogP contribution is -2.27. The van der Waals surface area contributed by atoms with Crippen LogP contribution < -0.4 is 15.8 Å². The van der Waals surface area contributed by atoms with Gasteiger partial charge in [0.2, 0.25) is 0 Å². The van der Waals surface area contributed by atoms with Gasteiger partial charge in [0.05, 0.1) is 92.4 Å². The van der Waals surface area contributed by atoms with E-state index in [4.69, 9.17) is 49.2 Å². The molecule has 3 rings (SSSR count). The zero-order chi connectivity index (χ0) is 34.9. The maximum Gasteiger partial charge on any atom is 0.320 e. The number of carbonyl (C=O) groups excluding carboxylic acids is 1. The lowest BCUT2D eigenvalue weighted by atomic mass is 10.1. The molecule has 0 saturated heterocycles. The molecule has 4 N–H and O–H groups in total. The number of hydrogen-bond donors (Lipinski definition) is 3. The zero-order valence-electron chi connectivity index (χ0n) is 27.7. The van der Waals surface area contributed by atoms with E-state index in [0.717, 1.165) is 5.56 Å². The summed E-state index contributed by atoms with van der Waals surface area (Å²) in [7, 11) is 1.55. The first-order valence-corrected chi connectivity index (χ1v) is 15.7. The van der Waals surface area contributed by atoms with Crippen LogP contribution in [0.4, 0.5) is 5.82 Å². The molecular weight excluding hydrogens is 646 g/mol. The minimum atomic E-state index is -0.272. The normalized spacial score (nSPS) is 11.1. The first-order valence-electron chi connectivity index (χ1n) is 15.7. The average molecular weight is 692 g/mol. The van der Waals surface area contributed by atoms with E-state index < -0.39 is 0 Å². The van der Waals surface area contributed by atoms with Gasteiger partial charge in [0.15, 0.2) is 17.0 Å². The molecule has 0 unspecified atom stereocenters. The molecule has 2 aromatic heterocycles. The van der Waals surface area contributed by atoms with E-state index in [2.05, 4.69) is 30.3 Å². The summed E-state index contributed by atoms with van der Waals surface area (Å²) in [6.45, 7) is 6.56. The average Bonchev–Trinajstić information content (AvgIpc) is 3.42. The van der Waals surface area contributed by atoms with Crippen LogP contribution in [0.15, 0.2) is 29.4 Å². The van der Waals surface area contributed by atoms with Crippen molar-refractivity contribution in [3.05, 3.63) is 45.8 Å². The predicted octanol–water partition coefficient (Wildman–Crippen LogP) is 1.33. The summed E-state index contributed by atoms with van der Waals surface area (Å²) in [5, 5.41) is 16.6. The van der Waals surface area contributed by atoms with E-state index in [0.29, 0.717) is 110 Å². The van der Waals surface area contributed by atoms with Crippen LogP contribution in [0.25, 0.3) is 21.6 Å². The van der Waals surface area contributed by atoms with Gasteiger partial charge in [-0.15, -0.1) is 0 Å². The van der Waals surface area contributed by atoms with E-state index in [9.17, 15) is 9.90 Å². The number of aromatic nitrogens is 4. The summed E-state index contributed by atoms with van der Waals surface area (Å²) in [5.74, 6) is -0.155. The number of fused-ring (bicyclic) bond motifs is 1. The van der Waals surface area contributed by atoms with Gasteiger partial charge in [0.1, 0.15) is 6.61 Å². The summed E-state index contributed by atoms with van der Waals surface area (Å²) >= 11 is 0. The van der Waals surface area contributed by atoms with Crippen molar-refractivity contribution in [2.24, 2.45) is 5.11 Å². The Bertz CT molecular complexity index is 1420. The third kappa shape index (κ3) is 15.2. The number of ether oxygens (including phenoxy) is 8. The zero-order valence-corrected chi connectivity index (χ0v) is 27.7. The van der Waals surface area contributed by atoms with Crippen LogP contribution in [0.2, 0.25) is 0 Å². The predicted molar refractivity (Wildman–Crippen MR) is 176 cm³/mol. The maximum absolute atomic E-state index is 12.5. The summed E-state index contributed by atoms with van der Waals surface area (Å²) < 4.78 is 44.4. The van der Waals surface area contributed by atoms with Crippen LogP contribution >= 0.6 is 0 Å². The Balaban J connectivity index is 1.19. The number of benzene rings is 1. The molecule has 0 radical (unpaired) electrons. The Hall–Kier alpha value is -4.33. The largest absolute Gasteiger partial charge is 0.480 e. The van der Waals surface area contributed by atoms with Crippen molar-refractivity contribution < 1.29 is 47.8 Å². The minimum Gasteiger partial charge on any atom is -0.480 e. The van der Waals surface area contributed by atoms with E-state index in [1.54, 1.807) is 31.4 Å². The van der Waals surface area contributed by atoms with Gasteiger partial charge in [-0.1, -0.05) is 17.2 Å². The molecule has 0 saturated carbocycles. The monoisotopic (exact) mass is 691 g/mol. The minimum absolute atomic E-state index is 0.0510. The molecule has 19 heteroatoms. The van der Waals surface area contributed by atoms with E-state index in [-0.39, 0.29) is 42.4 Å². The molecule has 0 atom stereocenters. The van der Waals surface area contributed by atoms with Crippen LogP contribution in [0.3, 0.4) is 0 Å². The van der Waals surface area contributed by atoms with Gasteiger partial charge in [0.25, 0.3) is 11.9 Å². The number of methoxy groups -OCH3 is 1. The molecule has 0 spiro atoms. The van der Waals surface area contributed by atoms with Gasteiger partial charge in [-0.25, -0.2) is 0 Å². The number of imidazole rings is 1. The molecule has 2 heterocycles. The second-order valence-corrected chi connectivity index (χ2v) is 9.98.